The Morgan fingerprint density at radius 3 is 2.79 bits per heavy atom. The third-order valence-corrected chi connectivity index (χ3v) is 3.92. The van der Waals surface area contributed by atoms with E-state index >= 15 is 0 Å². The zero-order chi connectivity index (χ0) is 13.4. The van der Waals surface area contributed by atoms with E-state index in [0.717, 1.165) is 36.7 Å². The maximum absolute atomic E-state index is 5.92. The minimum Gasteiger partial charge on any atom is -0.423 e. The molecule has 0 bridgehead atoms. The van der Waals surface area contributed by atoms with Crippen molar-refractivity contribution in [3.05, 3.63) is 24.3 Å². The Kier molecular flexibility index (Phi) is 3.19. The fraction of sp³-hybridized carbons (Fsp3) is 0.533. The van der Waals surface area contributed by atoms with Crippen LogP contribution in [0.1, 0.15) is 13.8 Å². The van der Waals surface area contributed by atoms with Crippen molar-refractivity contribution in [2.45, 2.75) is 19.9 Å². The fourth-order valence-electron chi connectivity index (χ4n) is 2.74. The first-order valence-corrected chi connectivity index (χ1v) is 6.96. The lowest BCUT2D eigenvalue weighted by atomic mass is 10.0. The maximum atomic E-state index is 5.92. The van der Waals surface area contributed by atoms with Crippen LogP contribution in [0.3, 0.4) is 0 Å². The number of piperazine rings is 1. The van der Waals surface area contributed by atoms with Crippen molar-refractivity contribution in [3.8, 4) is 0 Å². The number of aromatic nitrogens is 1. The number of rotatable bonds is 2. The third-order valence-electron chi connectivity index (χ3n) is 3.92. The van der Waals surface area contributed by atoms with Crippen LogP contribution in [-0.4, -0.2) is 42.6 Å². The number of benzene rings is 1. The van der Waals surface area contributed by atoms with Crippen molar-refractivity contribution >= 4 is 17.1 Å². The highest BCUT2D eigenvalue weighted by atomic mass is 16.4. The fourth-order valence-corrected chi connectivity index (χ4v) is 2.74. The molecule has 2 aromatic rings. The summed E-state index contributed by atoms with van der Waals surface area (Å²) in [5.41, 5.74) is 1.82. The van der Waals surface area contributed by atoms with Gasteiger partial charge in [-0.2, -0.15) is 4.98 Å². The quantitative estimate of drug-likeness (QED) is 0.830. The highest BCUT2D eigenvalue weighted by Gasteiger charge is 2.30. The molecule has 1 fully saturated rings. The summed E-state index contributed by atoms with van der Waals surface area (Å²) in [5, 5.41) is 0. The van der Waals surface area contributed by atoms with E-state index in [-0.39, 0.29) is 0 Å². The molecule has 1 atom stereocenters. The molecule has 4 heteroatoms. The van der Waals surface area contributed by atoms with Gasteiger partial charge in [0.05, 0.1) is 0 Å². The number of para-hydroxylation sites is 2. The van der Waals surface area contributed by atoms with Crippen LogP contribution in [0.2, 0.25) is 0 Å². The average molecular weight is 259 g/mol. The van der Waals surface area contributed by atoms with Gasteiger partial charge in [-0.25, -0.2) is 0 Å². The van der Waals surface area contributed by atoms with E-state index in [4.69, 9.17) is 4.42 Å². The summed E-state index contributed by atoms with van der Waals surface area (Å²) in [7, 11) is 2.18. The molecule has 1 aliphatic heterocycles. The molecular weight excluding hydrogens is 238 g/mol. The number of nitrogens with zero attached hydrogens (tertiary/aromatic N) is 3. The number of oxazole rings is 1. The highest BCUT2D eigenvalue weighted by Crippen LogP contribution is 2.27. The van der Waals surface area contributed by atoms with Gasteiger partial charge in [0, 0.05) is 25.7 Å². The van der Waals surface area contributed by atoms with Gasteiger partial charge in [-0.3, -0.25) is 0 Å². The Hall–Kier alpha value is -1.55. The Labute approximate surface area is 114 Å². The Morgan fingerprint density at radius 2 is 2.05 bits per heavy atom. The number of fused-ring (bicyclic) bond motifs is 1. The topological polar surface area (TPSA) is 32.5 Å². The second-order valence-corrected chi connectivity index (χ2v) is 5.73. The summed E-state index contributed by atoms with van der Waals surface area (Å²) in [5.74, 6) is 0.581. The van der Waals surface area contributed by atoms with E-state index in [0.29, 0.717) is 12.0 Å². The number of anilines is 1. The summed E-state index contributed by atoms with van der Waals surface area (Å²) >= 11 is 0. The van der Waals surface area contributed by atoms with E-state index in [1.54, 1.807) is 0 Å². The molecule has 1 aromatic carbocycles. The number of likely N-dealkylation sites (N-methyl/N-ethyl adjacent to an activating group) is 1. The minimum atomic E-state index is 0.465. The molecule has 1 aromatic heterocycles. The predicted octanol–water partition coefficient (Wildman–Crippen LogP) is 2.60. The molecule has 0 amide bonds. The molecule has 2 heterocycles. The second-order valence-electron chi connectivity index (χ2n) is 5.73. The largest absolute Gasteiger partial charge is 0.423 e. The van der Waals surface area contributed by atoms with Crippen LogP contribution >= 0.6 is 0 Å². The Bertz CT molecular complexity index is 530. The minimum absolute atomic E-state index is 0.465. The molecule has 1 saturated heterocycles. The molecule has 0 radical (unpaired) electrons. The van der Waals surface area contributed by atoms with Crippen molar-refractivity contribution in [2.24, 2.45) is 5.92 Å². The number of hydrogen-bond donors (Lipinski definition) is 0. The zero-order valence-electron chi connectivity index (χ0n) is 11.8. The van der Waals surface area contributed by atoms with Crippen molar-refractivity contribution < 1.29 is 4.42 Å². The molecule has 1 aliphatic rings. The summed E-state index contributed by atoms with van der Waals surface area (Å²) in [4.78, 5) is 9.34. The standard InChI is InChI=1S/C15H21N3O/c1-11(2)13-10-17(3)8-9-18(13)15-16-12-6-4-5-7-14(12)19-15/h4-7,11,13H,8-10H2,1-3H3. The van der Waals surface area contributed by atoms with E-state index in [1.165, 1.54) is 0 Å². The summed E-state index contributed by atoms with van der Waals surface area (Å²) in [6.45, 7) is 7.63. The third kappa shape index (κ3) is 2.32. The molecule has 1 unspecified atom stereocenters. The van der Waals surface area contributed by atoms with Gasteiger partial charge in [0.1, 0.15) is 5.52 Å². The SMILES string of the molecule is CC(C)C1CN(C)CCN1c1nc2ccccc2o1. The van der Waals surface area contributed by atoms with Gasteiger partial charge in [-0.15, -0.1) is 0 Å². The van der Waals surface area contributed by atoms with E-state index in [2.05, 4.69) is 35.7 Å². The second kappa shape index (κ2) is 4.85. The van der Waals surface area contributed by atoms with Crippen LogP contribution in [0.5, 0.6) is 0 Å². The van der Waals surface area contributed by atoms with Crippen LogP contribution < -0.4 is 4.90 Å². The molecule has 19 heavy (non-hydrogen) atoms. The van der Waals surface area contributed by atoms with E-state index in [9.17, 15) is 0 Å². The monoisotopic (exact) mass is 259 g/mol. The van der Waals surface area contributed by atoms with Gasteiger partial charge in [-0.1, -0.05) is 26.0 Å². The summed E-state index contributed by atoms with van der Waals surface area (Å²) in [6.07, 6.45) is 0. The first-order valence-electron chi connectivity index (χ1n) is 6.96. The van der Waals surface area contributed by atoms with Crippen LogP contribution in [-0.2, 0) is 0 Å². The van der Waals surface area contributed by atoms with Gasteiger partial charge in [0.15, 0.2) is 5.58 Å². The van der Waals surface area contributed by atoms with Crippen LogP contribution in [0.25, 0.3) is 11.1 Å². The number of hydrogen-bond acceptors (Lipinski definition) is 4. The van der Waals surface area contributed by atoms with Gasteiger partial charge >= 0.3 is 0 Å². The van der Waals surface area contributed by atoms with Crippen molar-refractivity contribution in [3.63, 3.8) is 0 Å². The van der Waals surface area contributed by atoms with Crippen molar-refractivity contribution in [1.82, 2.24) is 9.88 Å². The van der Waals surface area contributed by atoms with Gasteiger partial charge < -0.3 is 14.2 Å². The molecule has 0 saturated carbocycles. The molecule has 0 spiro atoms. The molecule has 3 rings (SSSR count). The first-order chi connectivity index (χ1) is 9.15. The van der Waals surface area contributed by atoms with Crippen LogP contribution in [0.15, 0.2) is 28.7 Å². The molecule has 0 N–H and O–H groups in total. The Morgan fingerprint density at radius 1 is 1.26 bits per heavy atom. The Balaban J connectivity index is 1.94. The molecular formula is C15H21N3O. The summed E-state index contributed by atoms with van der Waals surface area (Å²) < 4.78 is 5.92. The lowest BCUT2D eigenvalue weighted by molar-refractivity contribution is 0.229. The summed E-state index contributed by atoms with van der Waals surface area (Å²) in [6, 6.07) is 9.20. The van der Waals surface area contributed by atoms with E-state index in [1.807, 2.05) is 24.3 Å². The predicted molar refractivity (Wildman–Crippen MR) is 77.5 cm³/mol. The zero-order valence-corrected chi connectivity index (χ0v) is 11.8. The lowest BCUT2D eigenvalue weighted by Crippen LogP contribution is -2.54. The first kappa shape index (κ1) is 12.5. The van der Waals surface area contributed by atoms with Crippen LogP contribution in [0, 0.1) is 5.92 Å². The molecule has 0 aliphatic carbocycles. The van der Waals surface area contributed by atoms with Crippen molar-refractivity contribution in [1.29, 1.82) is 0 Å². The normalized spacial score (nSPS) is 21.5. The maximum Gasteiger partial charge on any atom is 0.298 e. The molecule has 102 valence electrons. The van der Waals surface area contributed by atoms with Gasteiger partial charge in [0.25, 0.3) is 6.01 Å². The smallest absolute Gasteiger partial charge is 0.298 e. The lowest BCUT2D eigenvalue weighted by Gasteiger charge is -2.41. The van der Waals surface area contributed by atoms with E-state index < -0.39 is 0 Å². The average Bonchev–Trinajstić information content (AvgIpc) is 2.82. The van der Waals surface area contributed by atoms with Crippen molar-refractivity contribution in [2.75, 3.05) is 31.6 Å². The molecule has 4 nitrogen and oxygen atoms in total. The van der Waals surface area contributed by atoms with Crippen LogP contribution in [0.4, 0.5) is 6.01 Å². The van der Waals surface area contributed by atoms with Gasteiger partial charge in [-0.05, 0) is 25.1 Å². The highest BCUT2D eigenvalue weighted by molar-refractivity contribution is 5.74. The van der Waals surface area contributed by atoms with Gasteiger partial charge in [0.2, 0.25) is 0 Å².